The van der Waals surface area contributed by atoms with Crippen molar-refractivity contribution in [1.29, 1.82) is 0 Å². The summed E-state index contributed by atoms with van der Waals surface area (Å²) in [6, 6.07) is 0. The van der Waals surface area contributed by atoms with Gasteiger partial charge in [0.05, 0.1) is 6.33 Å². The van der Waals surface area contributed by atoms with Crippen molar-refractivity contribution in [2.75, 3.05) is 6.54 Å². The highest BCUT2D eigenvalue weighted by Crippen LogP contribution is 2.11. The van der Waals surface area contributed by atoms with Gasteiger partial charge in [-0.2, -0.15) is 0 Å². The average Bonchev–Trinajstić information content (AvgIpc) is 2.77. The number of nitrogens with zero attached hydrogens (tertiary/aromatic N) is 1. The molecule has 0 bridgehead atoms. The summed E-state index contributed by atoms with van der Waals surface area (Å²) >= 11 is 0. The Hall–Kier alpha value is -1.29. The van der Waals surface area contributed by atoms with Crippen LogP contribution in [0.3, 0.4) is 0 Å². The van der Waals surface area contributed by atoms with Crippen molar-refractivity contribution < 1.29 is 4.79 Å². The van der Waals surface area contributed by atoms with Crippen molar-refractivity contribution in [3.05, 3.63) is 30.0 Å². The molecule has 5 heteroatoms. The summed E-state index contributed by atoms with van der Waals surface area (Å²) in [5.74, 6) is 0.231. The number of hydrogen-bond acceptors (Lipinski definition) is 3. The number of halogens is 1. The summed E-state index contributed by atoms with van der Waals surface area (Å²) in [7, 11) is 0. The lowest BCUT2D eigenvalue weighted by Gasteiger charge is -2.04. The minimum Gasteiger partial charge on any atom is -0.388 e. The third-order valence-corrected chi connectivity index (χ3v) is 2.28. The minimum absolute atomic E-state index is 0. The lowest BCUT2D eigenvalue weighted by Crippen LogP contribution is -2.15. The van der Waals surface area contributed by atoms with E-state index < -0.39 is 0 Å². The van der Waals surface area contributed by atoms with E-state index in [2.05, 4.69) is 15.3 Å². The standard InChI is InChI=1S/C10H13N3O.ClH/c14-10-2-1-8(5-10)12-4-3-9-6-11-7-13-9;/h5-7,12H,1-4H2,(H,11,13);1H. The first-order valence-corrected chi connectivity index (χ1v) is 4.79. The van der Waals surface area contributed by atoms with Gasteiger partial charge in [0.15, 0.2) is 5.78 Å². The van der Waals surface area contributed by atoms with Gasteiger partial charge in [-0.05, 0) is 6.42 Å². The molecule has 0 aromatic carbocycles. The number of allylic oxidation sites excluding steroid dienone is 2. The summed E-state index contributed by atoms with van der Waals surface area (Å²) < 4.78 is 0. The summed E-state index contributed by atoms with van der Waals surface area (Å²) in [4.78, 5) is 17.9. The van der Waals surface area contributed by atoms with Gasteiger partial charge in [-0.3, -0.25) is 4.79 Å². The number of carbonyl (C=O) groups excluding carboxylic acids is 1. The van der Waals surface area contributed by atoms with Gasteiger partial charge in [0.25, 0.3) is 0 Å². The van der Waals surface area contributed by atoms with Gasteiger partial charge in [-0.25, -0.2) is 4.98 Å². The SMILES string of the molecule is Cl.O=C1C=C(NCCc2cnc[nH]2)CC1. The fraction of sp³-hybridized carbons (Fsp3) is 0.400. The van der Waals surface area contributed by atoms with E-state index in [0.29, 0.717) is 6.42 Å². The van der Waals surface area contributed by atoms with Crippen molar-refractivity contribution >= 4 is 18.2 Å². The smallest absolute Gasteiger partial charge is 0.157 e. The molecule has 0 saturated carbocycles. The minimum atomic E-state index is 0. The Balaban J connectivity index is 0.00000112. The third-order valence-electron chi connectivity index (χ3n) is 2.28. The number of H-pyrrole nitrogens is 1. The Morgan fingerprint density at radius 1 is 1.47 bits per heavy atom. The first-order valence-electron chi connectivity index (χ1n) is 4.79. The monoisotopic (exact) mass is 227 g/mol. The normalized spacial score (nSPS) is 14.7. The first kappa shape index (κ1) is 11.8. The molecule has 1 heterocycles. The molecule has 82 valence electrons. The molecule has 0 spiro atoms. The Kier molecular flexibility index (Phi) is 4.37. The number of aromatic amines is 1. The number of imidazole rings is 1. The van der Waals surface area contributed by atoms with Gasteiger partial charge in [0.1, 0.15) is 0 Å². The second kappa shape index (κ2) is 5.56. The lowest BCUT2D eigenvalue weighted by atomic mass is 10.3. The van der Waals surface area contributed by atoms with E-state index in [1.54, 1.807) is 12.4 Å². The maximum Gasteiger partial charge on any atom is 0.157 e. The highest BCUT2D eigenvalue weighted by Gasteiger charge is 2.10. The Labute approximate surface area is 94.6 Å². The number of carbonyl (C=O) groups is 1. The second-order valence-electron chi connectivity index (χ2n) is 3.39. The van der Waals surface area contributed by atoms with Crippen LogP contribution in [0.4, 0.5) is 0 Å². The molecule has 0 aliphatic heterocycles. The third kappa shape index (κ3) is 3.40. The van der Waals surface area contributed by atoms with E-state index in [0.717, 1.165) is 30.8 Å². The molecule has 4 nitrogen and oxygen atoms in total. The zero-order chi connectivity index (χ0) is 9.80. The molecule has 1 aliphatic carbocycles. The van der Waals surface area contributed by atoms with Crippen LogP contribution in [0.15, 0.2) is 24.3 Å². The van der Waals surface area contributed by atoms with Crippen LogP contribution in [-0.4, -0.2) is 22.3 Å². The van der Waals surface area contributed by atoms with Gasteiger partial charge in [-0.1, -0.05) is 0 Å². The molecule has 1 aromatic heterocycles. The molecule has 0 fully saturated rings. The van der Waals surface area contributed by atoms with E-state index in [1.165, 1.54) is 0 Å². The largest absolute Gasteiger partial charge is 0.388 e. The zero-order valence-electron chi connectivity index (χ0n) is 8.32. The average molecular weight is 228 g/mol. The lowest BCUT2D eigenvalue weighted by molar-refractivity contribution is -0.114. The molecule has 0 radical (unpaired) electrons. The number of aromatic nitrogens is 2. The molecule has 15 heavy (non-hydrogen) atoms. The van der Waals surface area contributed by atoms with Crippen LogP contribution in [0.5, 0.6) is 0 Å². The van der Waals surface area contributed by atoms with Gasteiger partial charge < -0.3 is 10.3 Å². The van der Waals surface area contributed by atoms with Crippen LogP contribution >= 0.6 is 12.4 Å². The zero-order valence-corrected chi connectivity index (χ0v) is 9.14. The van der Waals surface area contributed by atoms with E-state index in [9.17, 15) is 4.79 Å². The van der Waals surface area contributed by atoms with Crippen LogP contribution in [0, 0.1) is 0 Å². The van der Waals surface area contributed by atoms with Crippen LogP contribution < -0.4 is 5.32 Å². The van der Waals surface area contributed by atoms with Crippen LogP contribution in [0.2, 0.25) is 0 Å². The molecular formula is C10H14ClN3O. The molecule has 0 atom stereocenters. The van der Waals surface area contributed by atoms with Crippen molar-refractivity contribution in [3.63, 3.8) is 0 Å². The van der Waals surface area contributed by atoms with Crippen molar-refractivity contribution in [3.8, 4) is 0 Å². The number of ketones is 1. The maximum atomic E-state index is 10.9. The quantitative estimate of drug-likeness (QED) is 0.813. The Morgan fingerprint density at radius 2 is 2.33 bits per heavy atom. The summed E-state index contributed by atoms with van der Waals surface area (Å²) in [5, 5.41) is 3.24. The van der Waals surface area contributed by atoms with Gasteiger partial charge in [0.2, 0.25) is 0 Å². The summed E-state index contributed by atoms with van der Waals surface area (Å²) in [6.45, 7) is 0.849. The molecular weight excluding hydrogens is 214 g/mol. The molecule has 0 amide bonds. The molecule has 0 unspecified atom stereocenters. The first-order chi connectivity index (χ1) is 6.84. The number of rotatable bonds is 4. The maximum absolute atomic E-state index is 10.9. The summed E-state index contributed by atoms with van der Waals surface area (Å²) in [6.07, 6.45) is 7.62. The number of hydrogen-bond donors (Lipinski definition) is 2. The van der Waals surface area contributed by atoms with E-state index in [-0.39, 0.29) is 18.2 Å². The van der Waals surface area contributed by atoms with Crippen LogP contribution in [-0.2, 0) is 11.2 Å². The second-order valence-corrected chi connectivity index (χ2v) is 3.39. The number of nitrogens with one attached hydrogen (secondary N) is 2. The fourth-order valence-electron chi connectivity index (χ4n) is 1.52. The van der Waals surface area contributed by atoms with Crippen LogP contribution in [0.1, 0.15) is 18.5 Å². The molecule has 2 N–H and O–H groups in total. The van der Waals surface area contributed by atoms with E-state index in [1.807, 2.05) is 6.20 Å². The predicted molar refractivity (Wildman–Crippen MR) is 59.9 cm³/mol. The van der Waals surface area contributed by atoms with Crippen molar-refractivity contribution in [2.45, 2.75) is 19.3 Å². The molecule has 1 aromatic rings. The predicted octanol–water partition coefficient (Wildman–Crippen LogP) is 1.21. The van der Waals surface area contributed by atoms with E-state index in [4.69, 9.17) is 0 Å². The topological polar surface area (TPSA) is 57.8 Å². The van der Waals surface area contributed by atoms with Crippen molar-refractivity contribution in [1.82, 2.24) is 15.3 Å². The molecule has 0 saturated heterocycles. The molecule has 2 rings (SSSR count). The van der Waals surface area contributed by atoms with E-state index >= 15 is 0 Å². The molecule has 1 aliphatic rings. The van der Waals surface area contributed by atoms with Gasteiger partial charge in [-0.15, -0.1) is 12.4 Å². The Morgan fingerprint density at radius 3 is 2.93 bits per heavy atom. The van der Waals surface area contributed by atoms with Crippen molar-refractivity contribution in [2.24, 2.45) is 0 Å². The van der Waals surface area contributed by atoms with Crippen LogP contribution in [0.25, 0.3) is 0 Å². The Bertz CT molecular complexity index is 346. The fourth-order valence-corrected chi connectivity index (χ4v) is 1.52. The highest BCUT2D eigenvalue weighted by atomic mass is 35.5. The van der Waals surface area contributed by atoms with Gasteiger partial charge in [0, 0.05) is 43.1 Å². The summed E-state index contributed by atoms with van der Waals surface area (Å²) in [5.41, 5.74) is 2.18. The van der Waals surface area contributed by atoms with Gasteiger partial charge >= 0.3 is 0 Å². The highest BCUT2D eigenvalue weighted by molar-refractivity contribution is 5.92.